The zero-order valence-electron chi connectivity index (χ0n) is 13.1. The summed E-state index contributed by atoms with van der Waals surface area (Å²) in [6.07, 6.45) is 0. The fraction of sp³-hybridized carbons (Fsp3) is 0.400. The van der Waals surface area contributed by atoms with Gasteiger partial charge in [-0.25, -0.2) is 0 Å². The predicted octanol–water partition coefficient (Wildman–Crippen LogP) is 1.72. The minimum Gasteiger partial charge on any atom is -0.508 e. The zero-order chi connectivity index (χ0) is 16.8. The van der Waals surface area contributed by atoms with Gasteiger partial charge in [-0.15, -0.1) is 0 Å². The lowest BCUT2D eigenvalue weighted by Crippen LogP contribution is -2.39. The summed E-state index contributed by atoms with van der Waals surface area (Å²) in [5.74, 6) is 0.957. The van der Waals surface area contributed by atoms with Crippen molar-refractivity contribution in [3.63, 3.8) is 0 Å². The second-order valence-electron chi connectivity index (χ2n) is 5.30. The summed E-state index contributed by atoms with van der Waals surface area (Å²) in [6.45, 7) is 5.02. The van der Waals surface area contributed by atoms with Gasteiger partial charge >= 0.3 is 0 Å². The summed E-state index contributed by atoms with van der Waals surface area (Å²) >= 11 is 5.96. The van der Waals surface area contributed by atoms with Crippen molar-refractivity contribution in [2.24, 2.45) is 0 Å². The van der Waals surface area contributed by atoms with Gasteiger partial charge in [0.15, 0.2) is 0 Å². The lowest BCUT2D eigenvalue weighted by atomic mass is 10.3. The first-order chi connectivity index (χ1) is 11.7. The summed E-state index contributed by atoms with van der Waals surface area (Å²) in [6, 6.07) is 6.59. The van der Waals surface area contributed by atoms with Crippen LogP contribution >= 0.6 is 11.6 Å². The van der Waals surface area contributed by atoms with E-state index in [1.165, 1.54) is 0 Å². The van der Waals surface area contributed by atoms with Crippen LogP contribution in [0.4, 0.5) is 17.6 Å². The molecule has 0 bridgehead atoms. The number of hydrogen-bond donors (Lipinski definition) is 3. The van der Waals surface area contributed by atoms with Crippen molar-refractivity contribution in [2.45, 2.75) is 0 Å². The highest BCUT2D eigenvalue weighted by atomic mass is 35.5. The SMILES string of the molecule is Oc1ccc(Nc2nc(Cl)nc(NCCN3CCOCC3)n2)cc1. The van der Waals surface area contributed by atoms with Gasteiger partial charge < -0.3 is 20.5 Å². The topological polar surface area (TPSA) is 95.4 Å². The first kappa shape index (κ1) is 16.7. The number of nitrogens with one attached hydrogen (secondary N) is 2. The molecule has 9 heteroatoms. The Morgan fingerprint density at radius 3 is 2.54 bits per heavy atom. The van der Waals surface area contributed by atoms with Crippen molar-refractivity contribution in [2.75, 3.05) is 50.0 Å². The maximum absolute atomic E-state index is 9.30. The molecule has 0 saturated carbocycles. The van der Waals surface area contributed by atoms with Crippen LogP contribution in [0.1, 0.15) is 0 Å². The van der Waals surface area contributed by atoms with E-state index in [0.717, 1.165) is 38.5 Å². The van der Waals surface area contributed by atoms with Crippen LogP contribution in [-0.2, 0) is 4.74 Å². The minimum atomic E-state index is 0.111. The quantitative estimate of drug-likeness (QED) is 0.678. The van der Waals surface area contributed by atoms with Crippen LogP contribution in [-0.4, -0.2) is 64.4 Å². The van der Waals surface area contributed by atoms with Gasteiger partial charge in [-0.05, 0) is 35.9 Å². The fourth-order valence-corrected chi connectivity index (χ4v) is 2.47. The molecule has 1 aliphatic rings. The second-order valence-corrected chi connectivity index (χ2v) is 5.64. The molecule has 8 nitrogen and oxygen atoms in total. The molecule has 1 aromatic carbocycles. The summed E-state index contributed by atoms with van der Waals surface area (Å²) in [4.78, 5) is 14.7. The lowest BCUT2D eigenvalue weighted by Gasteiger charge is -2.26. The van der Waals surface area contributed by atoms with Crippen LogP contribution in [0.3, 0.4) is 0 Å². The second kappa shape index (κ2) is 8.09. The molecule has 2 aromatic rings. The first-order valence-electron chi connectivity index (χ1n) is 7.71. The highest BCUT2D eigenvalue weighted by Gasteiger charge is 2.10. The molecule has 0 aliphatic carbocycles. The number of phenols is 1. The first-order valence-corrected chi connectivity index (χ1v) is 8.08. The van der Waals surface area contributed by atoms with Gasteiger partial charge in [-0.2, -0.15) is 15.0 Å². The molecule has 2 heterocycles. The number of nitrogens with zero attached hydrogens (tertiary/aromatic N) is 4. The fourth-order valence-electron chi connectivity index (χ4n) is 2.31. The molecule has 0 amide bonds. The third-order valence-electron chi connectivity index (χ3n) is 3.55. The standard InChI is InChI=1S/C15H19ClN6O2/c16-13-19-14(17-5-6-22-7-9-24-10-8-22)21-15(20-13)18-11-1-3-12(23)4-2-11/h1-4,23H,5-10H2,(H2,17,18,19,20,21). The van der Waals surface area contributed by atoms with E-state index in [1.807, 2.05) is 0 Å². The van der Waals surface area contributed by atoms with E-state index in [2.05, 4.69) is 30.5 Å². The highest BCUT2D eigenvalue weighted by Crippen LogP contribution is 2.18. The van der Waals surface area contributed by atoms with Gasteiger partial charge in [0.2, 0.25) is 17.2 Å². The number of aromatic hydroxyl groups is 1. The molecule has 1 fully saturated rings. The molecule has 0 radical (unpaired) electrons. The predicted molar refractivity (Wildman–Crippen MR) is 92.0 cm³/mol. The van der Waals surface area contributed by atoms with Gasteiger partial charge in [0.05, 0.1) is 13.2 Å². The molecule has 1 aliphatic heterocycles. The van der Waals surface area contributed by atoms with Crippen molar-refractivity contribution >= 4 is 29.2 Å². The number of anilines is 3. The molecule has 24 heavy (non-hydrogen) atoms. The smallest absolute Gasteiger partial charge is 0.233 e. The molecular formula is C15H19ClN6O2. The largest absolute Gasteiger partial charge is 0.508 e. The van der Waals surface area contributed by atoms with Crippen molar-refractivity contribution in [1.82, 2.24) is 19.9 Å². The third-order valence-corrected chi connectivity index (χ3v) is 3.72. The monoisotopic (exact) mass is 350 g/mol. The van der Waals surface area contributed by atoms with E-state index in [-0.39, 0.29) is 11.0 Å². The maximum atomic E-state index is 9.30. The Balaban J connectivity index is 1.57. The van der Waals surface area contributed by atoms with E-state index in [9.17, 15) is 5.11 Å². The summed E-state index contributed by atoms with van der Waals surface area (Å²) in [5.41, 5.74) is 0.745. The van der Waals surface area contributed by atoms with Crippen LogP contribution in [0, 0.1) is 0 Å². The number of morpholine rings is 1. The van der Waals surface area contributed by atoms with Gasteiger partial charge in [0, 0.05) is 31.9 Å². The van der Waals surface area contributed by atoms with E-state index >= 15 is 0 Å². The number of phenolic OH excluding ortho intramolecular Hbond substituents is 1. The van der Waals surface area contributed by atoms with Crippen molar-refractivity contribution in [1.29, 1.82) is 0 Å². The molecule has 1 saturated heterocycles. The van der Waals surface area contributed by atoms with E-state index in [0.29, 0.717) is 18.4 Å². The Kier molecular flexibility index (Phi) is 5.63. The van der Waals surface area contributed by atoms with Crippen LogP contribution in [0.5, 0.6) is 5.75 Å². The number of halogens is 1. The molecule has 1 aromatic heterocycles. The Hall–Kier alpha value is -2.16. The normalized spacial score (nSPS) is 15.2. The van der Waals surface area contributed by atoms with Gasteiger partial charge in [-0.1, -0.05) is 0 Å². The molecule has 3 N–H and O–H groups in total. The van der Waals surface area contributed by atoms with Gasteiger partial charge in [0.25, 0.3) is 0 Å². The number of aromatic nitrogens is 3. The Labute approximate surface area is 144 Å². The highest BCUT2D eigenvalue weighted by molar-refractivity contribution is 6.28. The number of rotatable bonds is 6. The summed E-state index contributed by atoms with van der Waals surface area (Å²) < 4.78 is 5.32. The minimum absolute atomic E-state index is 0.111. The third kappa shape index (κ3) is 4.92. The van der Waals surface area contributed by atoms with Gasteiger partial charge in [-0.3, -0.25) is 4.90 Å². The lowest BCUT2D eigenvalue weighted by molar-refractivity contribution is 0.0398. The summed E-state index contributed by atoms with van der Waals surface area (Å²) in [7, 11) is 0. The molecule has 128 valence electrons. The molecule has 0 atom stereocenters. The number of ether oxygens (including phenoxy) is 1. The Morgan fingerprint density at radius 2 is 1.79 bits per heavy atom. The molecule has 0 unspecified atom stereocenters. The number of benzene rings is 1. The van der Waals surface area contributed by atoms with E-state index in [4.69, 9.17) is 16.3 Å². The van der Waals surface area contributed by atoms with Gasteiger partial charge in [0.1, 0.15) is 5.75 Å². The van der Waals surface area contributed by atoms with Crippen molar-refractivity contribution in [3.8, 4) is 5.75 Å². The molecule has 3 rings (SSSR count). The summed E-state index contributed by atoms with van der Waals surface area (Å²) in [5, 5.41) is 15.6. The van der Waals surface area contributed by atoms with E-state index in [1.54, 1.807) is 24.3 Å². The average Bonchev–Trinajstić information content (AvgIpc) is 2.57. The van der Waals surface area contributed by atoms with Crippen LogP contribution in [0.2, 0.25) is 5.28 Å². The van der Waals surface area contributed by atoms with Crippen LogP contribution in [0.15, 0.2) is 24.3 Å². The van der Waals surface area contributed by atoms with Crippen molar-refractivity contribution in [3.05, 3.63) is 29.5 Å². The average molecular weight is 351 g/mol. The number of hydrogen-bond acceptors (Lipinski definition) is 8. The van der Waals surface area contributed by atoms with Crippen LogP contribution in [0.25, 0.3) is 0 Å². The van der Waals surface area contributed by atoms with Crippen molar-refractivity contribution < 1.29 is 9.84 Å². The van der Waals surface area contributed by atoms with E-state index < -0.39 is 0 Å². The van der Waals surface area contributed by atoms with Crippen LogP contribution < -0.4 is 10.6 Å². The maximum Gasteiger partial charge on any atom is 0.233 e. The molecular weight excluding hydrogens is 332 g/mol. The zero-order valence-corrected chi connectivity index (χ0v) is 13.8. The Morgan fingerprint density at radius 1 is 1.08 bits per heavy atom. The Bertz CT molecular complexity index is 664. The molecule has 0 spiro atoms.